The summed E-state index contributed by atoms with van der Waals surface area (Å²) in [6.07, 6.45) is 2.11. The number of alkyl halides is 1. The number of hydrogen-bond donors (Lipinski definition) is 0. The van der Waals surface area contributed by atoms with Crippen LogP contribution in [0.2, 0.25) is 0 Å². The van der Waals surface area contributed by atoms with Crippen molar-refractivity contribution in [2.75, 3.05) is 26.0 Å². The second-order valence-corrected chi connectivity index (χ2v) is 3.42. The SMILES string of the molecule is CN1CCCC(OC(=O)CCl)C1. The van der Waals surface area contributed by atoms with Gasteiger partial charge in [0.15, 0.2) is 0 Å². The van der Waals surface area contributed by atoms with Gasteiger partial charge in [0, 0.05) is 6.54 Å². The van der Waals surface area contributed by atoms with Gasteiger partial charge < -0.3 is 9.64 Å². The highest BCUT2D eigenvalue weighted by Crippen LogP contribution is 2.11. The molecule has 1 aliphatic heterocycles. The minimum atomic E-state index is -0.308. The zero-order valence-corrected chi connectivity index (χ0v) is 8.01. The third-order valence-electron chi connectivity index (χ3n) is 1.99. The summed E-state index contributed by atoms with van der Waals surface area (Å²) in [5.74, 6) is -0.350. The quantitative estimate of drug-likeness (QED) is 0.479. The molecule has 0 aromatic carbocycles. The highest BCUT2D eigenvalue weighted by molar-refractivity contribution is 6.26. The maximum absolute atomic E-state index is 10.8. The van der Waals surface area contributed by atoms with E-state index in [1.54, 1.807) is 0 Å². The molecule has 1 aliphatic rings. The maximum atomic E-state index is 10.8. The van der Waals surface area contributed by atoms with Crippen LogP contribution in [0, 0.1) is 0 Å². The summed E-state index contributed by atoms with van der Waals surface area (Å²) in [6, 6.07) is 0. The van der Waals surface area contributed by atoms with E-state index in [9.17, 15) is 4.79 Å². The molecule has 1 atom stereocenters. The lowest BCUT2D eigenvalue weighted by Gasteiger charge is -2.28. The summed E-state index contributed by atoms with van der Waals surface area (Å²) < 4.78 is 5.10. The monoisotopic (exact) mass is 191 g/mol. The zero-order chi connectivity index (χ0) is 8.97. The summed E-state index contributed by atoms with van der Waals surface area (Å²) in [4.78, 5) is 13.0. The van der Waals surface area contributed by atoms with E-state index in [1.807, 2.05) is 7.05 Å². The van der Waals surface area contributed by atoms with Gasteiger partial charge in [-0.2, -0.15) is 0 Å². The third kappa shape index (κ3) is 2.99. The van der Waals surface area contributed by atoms with Crippen LogP contribution in [0.5, 0.6) is 0 Å². The predicted molar refractivity (Wildman–Crippen MR) is 47.3 cm³/mol. The van der Waals surface area contributed by atoms with E-state index in [-0.39, 0.29) is 18.0 Å². The maximum Gasteiger partial charge on any atom is 0.321 e. The van der Waals surface area contributed by atoms with E-state index >= 15 is 0 Å². The first-order chi connectivity index (χ1) is 5.72. The molecule has 1 rings (SSSR count). The van der Waals surface area contributed by atoms with E-state index in [0.717, 1.165) is 25.9 Å². The highest BCUT2D eigenvalue weighted by atomic mass is 35.5. The van der Waals surface area contributed by atoms with Crippen molar-refractivity contribution in [1.82, 2.24) is 4.90 Å². The fraction of sp³-hybridized carbons (Fsp3) is 0.875. The molecule has 0 aromatic heterocycles. The second kappa shape index (κ2) is 4.67. The number of halogens is 1. The molecule has 12 heavy (non-hydrogen) atoms. The lowest BCUT2D eigenvalue weighted by atomic mass is 10.1. The number of ether oxygens (including phenoxy) is 1. The molecular formula is C8H14ClNO2. The van der Waals surface area contributed by atoms with Crippen LogP contribution in [0.3, 0.4) is 0 Å². The Balaban J connectivity index is 2.27. The summed E-state index contributed by atoms with van der Waals surface area (Å²) in [5.41, 5.74) is 0. The summed E-state index contributed by atoms with van der Waals surface area (Å²) in [5, 5.41) is 0. The van der Waals surface area contributed by atoms with Gasteiger partial charge in [0.05, 0.1) is 0 Å². The Bertz CT molecular complexity index is 163. The fourth-order valence-electron chi connectivity index (χ4n) is 1.43. The minimum Gasteiger partial charge on any atom is -0.460 e. The van der Waals surface area contributed by atoms with Crippen molar-refractivity contribution < 1.29 is 9.53 Å². The molecule has 0 aromatic rings. The Labute approximate surface area is 77.6 Å². The first-order valence-electron chi connectivity index (χ1n) is 4.16. The fourth-order valence-corrected chi connectivity index (χ4v) is 1.50. The van der Waals surface area contributed by atoms with Gasteiger partial charge in [0.25, 0.3) is 0 Å². The summed E-state index contributed by atoms with van der Waals surface area (Å²) in [7, 11) is 2.03. The largest absolute Gasteiger partial charge is 0.460 e. The number of likely N-dealkylation sites (tertiary alicyclic amines) is 1. The Hall–Kier alpha value is -0.280. The first-order valence-corrected chi connectivity index (χ1v) is 4.70. The third-order valence-corrected chi connectivity index (χ3v) is 2.21. The lowest BCUT2D eigenvalue weighted by Crippen LogP contribution is -2.38. The molecule has 0 radical (unpaired) electrons. The summed E-state index contributed by atoms with van der Waals surface area (Å²) in [6.45, 7) is 1.93. The van der Waals surface area contributed by atoms with E-state index in [0.29, 0.717) is 0 Å². The number of nitrogens with zero attached hydrogens (tertiary/aromatic N) is 1. The van der Waals surface area contributed by atoms with Gasteiger partial charge in [-0.25, -0.2) is 0 Å². The molecular weight excluding hydrogens is 178 g/mol. The van der Waals surface area contributed by atoms with Crippen LogP contribution < -0.4 is 0 Å². The molecule has 0 bridgehead atoms. The number of likely N-dealkylation sites (N-methyl/N-ethyl adjacent to an activating group) is 1. The molecule has 3 nitrogen and oxygen atoms in total. The van der Waals surface area contributed by atoms with Gasteiger partial charge >= 0.3 is 5.97 Å². The first kappa shape index (κ1) is 9.81. The van der Waals surface area contributed by atoms with Crippen molar-refractivity contribution in [3.8, 4) is 0 Å². The Morgan fingerprint density at radius 1 is 1.75 bits per heavy atom. The highest BCUT2D eigenvalue weighted by Gasteiger charge is 2.19. The molecule has 1 heterocycles. The minimum absolute atomic E-state index is 0.0415. The van der Waals surface area contributed by atoms with Gasteiger partial charge in [-0.1, -0.05) is 0 Å². The number of piperidine rings is 1. The van der Waals surface area contributed by atoms with Crippen LogP contribution in [-0.2, 0) is 9.53 Å². The smallest absolute Gasteiger partial charge is 0.321 e. The molecule has 0 saturated carbocycles. The zero-order valence-electron chi connectivity index (χ0n) is 7.25. The Morgan fingerprint density at radius 3 is 3.08 bits per heavy atom. The predicted octanol–water partition coefficient (Wildman–Crippen LogP) is 0.863. The number of carbonyl (C=O) groups is 1. The van der Waals surface area contributed by atoms with Crippen molar-refractivity contribution in [2.45, 2.75) is 18.9 Å². The van der Waals surface area contributed by atoms with E-state index in [2.05, 4.69) is 4.90 Å². The lowest BCUT2D eigenvalue weighted by molar-refractivity contribution is -0.148. The molecule has 70 valence electrons. The van der Waals surface area contributed by atoms with Crippen molar-refractivity contribution in [2.24, 2.45) is 0 Å². The van der Waals surface area contributed by atoms with Crippen molar-refractivity contribution >= 4 is 17.6 Å². The average Bonchev–Trinajstić information content (AvgIpc) is 2.04. The molecule has 1 fully saturated rings. The van der Waals surface area contributed by atoms with Crippen molar-refractivity contribution in [3.63, 3.8) is 0 Å². The van der Waals surface area contributed by atoms with Gasteiger partial charge in [0.1, 0.15) is 12.0 Å². The number of hydrogen-bond acceptors (Lipinski definition) is 3. The average molecular weight is 192 g/mol. The van der Waals surface area contributed by atoms with E-state index < -0.39 is 0 Å². The van der Waals surface area contributed by atoms with Crippen LogP contribution in [0.4, 0.5) is 0 Å². The van der Waals surface area contributed by atoms with Gasteiger partial charge in [-0.15, -0.1) is 11.6 Å². The molecule has 1 saturated heterocycles. The van der Waals surface area contributed by atoms with Gasteiger partial charge in [-0.05, 0) is 26.4 Å². The van der Waals surface area contributed by atoms with E-state index in [4.69, 9.17) is 16.3 Å². The van der Waals surface area contributed by atoms with Gasteiger partial charge in [-0.3, -0.25) is 4.79 Å². The molecule has 0 spiro atoms. The van der Waals surface area contributed by atoms with Crippen LogP contribution >= 0.6 is 11.6 Å². The Kier molecular flexibility index (Phi) is 3.82. The standard InChI is InChI=1S/C8H14ClNO2/c1-10-4-2-3-7(6-10)12-8(11)5-9/h7H,2-6H2,1H3. The number of rotatable bonds is 2. The van der Waals surface area contributed by atoms with Crippen molar-refractivity contribution in [1.29, 1.82) is 0 Å². The van der Waals surface area contributed by atoms with Crippen LogP contribution in [0.25, 0.3) is 0 Å². The topological polar surface area (TPSA) is 29.5 Å². The normalized spacial score (nSPS) is 25.3. The van der Waals surface area contributed by atoms with E-state index in [1.165, 1.54) is 0 Å². The van der Waals surface area contributed by atoms with Crippen LogP contribution in [-0.4, -0.2) is 43.0 Å². The van der Waals surface area contributed by atoms with Gasteiger partial charge in [0.2, 0.25) is 0 Å². The molecule has 0 aliphatic carbocycles. The Morgan fingerprint density at radius 2 is 2.50 bits per heavy atom. The number of carbonyl (C=O) groups excluding carboxylic acids is 1. The second-order valence-electron chi connectivity index (χ2n) is 3.15. The van der Waals surface area contributed by atoms with Crippen molar-refractivity contribution in [3.05, 3.63) is 0 Å². The molecule has 4 heteroatoms. The number of esters is 1. The van der Waals surface area contributed by atoms with Crippen LogP contribution in [0.15, 0.2) is 0 Å². The molecule has 1 unspecified atom stereocenters. The molecule has 0 amide bonds. The summed E-state index contributed by atoms with van der Waals surface area (Å²) >= 11 is 5.32. The van der Waals surface area contributed by atoms with Crippen LogP contribution in [0.1, 0.15) is 12.8 Å². The molecule has 0 N–H and O–H groups in total.